The van der Waals surface area contributed by atoms with Crippen LogP contribution in [0.15, 0.2) is 24.3 Å². The maximum absolute atomic E-state index is 12.5. The van der Waals surface area contributed by atoms with E-state index in [-0.39, 0.29) is 17.7 Å². The second-order valence-corrected chi connectivity index (χ2v) is 6.94. The highest BCUT2D eigenvalue weighted by atomic mass is 16.2. The summed E-state index contributed by atoms with van der Waals surface area (Å²) < 4.78 is 0. The quantitative estimate of drug-likeness (QED) is 0.871. The van der Waals surface area contributed by atoms with Crippen molar-refractivity contribution < 1.29 is 9.59 Å². The zero-order valence-electron chi connectivity index (χ0n) is 13.9. The zero-order valence-corrected chi connectivity index (χ0v) is 13.9. The number of carbonyl (C=O) groups excluding carboxylic acids is 2. The van der Waals surface area contributed by atoms with E-state index in [0.29, 0.717) is 19.0 Å². The highest BCUT2D eigenvalue weighted by Crippen LogP contribution is 2.26. The van der Waals surface area contributed by atoms with Crippen LogP contribution >= 0.6 is 0 Å². The van der Waals surface area contributed by atoms with Crippen LogP contribution in [0.1, 0.15) is 50.5 Å². The van der Waals surface area contributed by atoms with Gasteiger partial charge < -0.3 is 10.2 Å². The molecule has 0 radical (unpaired) electrons. The Morgan fingerprint density at radius 1 is 1.09 bits per heavy atom. The summed E-state index contributed by atoms with van der Waals surface area (Å²) in [6.07, 6.45) is 7.42. The summed E-state index contributed by atoms with van der Waals surface area (Å²) in [5.74, 6) is -0.109. The number of hydrogen-bond acceptors (Lipinski definition) is 2. The molecule has 2 aliphatic rings. The Morgan fingerprint density at radius 3 is 2.39 bits per heavy atom. The molecule has 0 unspecified atom stereocenters. The first-order chi connectivity index (χ1) is 11.1. The van der Waals surface area contributed by atoms with Crippen LogP contribution in [0.2, 0.25) is 0 Å². The molecule has 124 valence electrons. The van der Waals surface area contributed by atoms with Gasteiger partial charge in [0.1, 0.15) is 0 Å². The van der Waals surface area contributed by atoms with E-state index < -0.39 is 0 Å². The summed E-state index contributed by atoms with van der Waals surface area (Å²) in [6.45, 7) is 2.53. The van der Waals surface area contributed by atoms with Crippen molar-refractivity contribution in [3.05, 3.63) is 29.8 Å². The number of rotatable bonds is 3. The first kappa shape index (κ1) is 16.0. The molecule has 0 bridgehead atoms. The van der Waals surface area contributed by atoms with Gasteiger partial charge in [0, 0.05) is 24.7 Å². The van der Waals surface area contributed by atoms with Crippen molar-refractivity contribution in [2.45, 2.75) is 57.9 Å². The molecular weight excluding hydrogens is 288 g/mol. The van der Waals surface area contributed by atoms with Gasteiger partial charge in [0.2, 0.25) is 11.8 Å². The van der Waals surface area contributed by atoms with Gasteiger partial charge in [0.05, 0.1) is 5.92 Å². The fraction of sp³-hybridized carbons (Fsp3) is 0.579. The number of amides is 2. The Balaban J connectivity index is 1.60. The summed E-state index contributed by atoms with van der Waals surface area (Å²) in [6, 6.07) is 8.22. The highest BCUT2D eigenvalue weighted by Gasteiger charge is 2.35. The predicted molar refractivity (Wildman–Crippen MR) is 91.3 cm³/mol. The fourth-order valence-electron chi connectivity index (χ4n) is 3.60. The number of aryl methyl sites for hydroxylation is 1. The van der Waals surface area contributed by atoms with Gasteiger partial charge in [0.25, 0.3) is 0 Å². The Labute approximate surface area is 138 Å². The average Bonchev–Trinajstić information content (AvgIpc) is 2.76. The minimum absolute atomic E-state index is 0.0508. The molecule has 1 saturated carbocycles. The van der Waals surface area contributed by atoms with Crippen LogP contribution in [0.3, 0.4) is 0 Å². The predicted octanol–water partition coefficient (Wildman–Crippen LogP) is 3.19. The molecule has 1 saturated heterocycles. The first-order valence-electron chi connectivity index (χ1n) is 8.81. The minimum atomic E-state index is -0.216. The summed E-state index contributed by atoms with van der Waals surface area (Å²) >= 11 is 0. The summed E-state index contributed by atoms with van der Waals surface area (Å²) in [4.78, 5) is 26.5. The van der Waals surface area contributed by atoms with Crippen molar-refractivity contribution in [1.82, 2.24) is 5.32 Å². The van der Waals surface area contributed by atoms with Crippen LogP contribution < -0.4 is 10.2 Å². The Morgan fingerprint density at radius 2 is 1.74 bits per heavy atom. The normalized spacial score (nSPS) is 22.9. The van der Waals surface area contributed by atoms with Gasteiger partial charge in [0.15, 0.2) is 0 Å². The van der Waals surface area contributed by atoms with Crippen LogP contribution in [0.4, 0.5) is 5.69 Å². The molecule has 1 aromatic rings. The molecule has 1 aliphatic heterocycles. The van der Waals surface area contributed by atoms with Crippen molar-refractivity contribution >= 4 is 17.5 Å². The maximum Gasteiger partial charge on any atom is 0.227 e. The van der Waals surface area contributed by atoms with Crippen molar-refractivity contribution in [1.29, 1.82) is 0 Å². The van der Waals surface area contributed by atoms with Crippen LogP contribution in [0.25, 0.3) is 0 Å². The van der Waals surface area contributed by atoms with E-state index in [1.807, 2.05) is 31.2 Å². The smallest absolute Gasteiger partial charge is 0.227 e. The van der Waals surface area contributed by atoms with Gasteiger partial charge in [-0.15, -0.1) is 0 Å². The molecule has 1 heterocycles. The van der Waals surface area contributed by atoms with Gasteiger partial charge >= 0.3 is 0 Å². The van der Waals surface area contributed by atoms with Crippen LogP contribution in [-0.4, -0.2) is 24.4 Å². The molecule has 0 aromatic heterocycles. The van der Waals surface area contributed by atoms with E-state index in [9.17, 15) is 9.59 Å². The molecule has 4 heteroatoms. The van der Waals surface area contributed by atoms with Crippen molar-refractivity contribution in [3.8, 4) is 0 Å². The Bertz CT molecular complexity index is 559. The van der Waals surface area contributed by atoms with E-state index in [4.69, 9.17) is 0 Å². The van der Waals surface area contributed by atoms with E-state index in [2.05, 4.69) is 5.32 Å². The van der Waals surface area contributed by atoms with Crippen LogP contribution in [0.5, 0.6) is 0 Å². The van der Waals surface area contributed by atoms with Crippen LogP contribution in [-0.2, 0) is 9.59 Å². The molecule has 3 rings (SSSR count). The minimum Gasteiger partial charge on any atom is -0.353 e. The molecule has 4 nitrogen and oxygen atoms in total. The number of carbonyl (C=O) groups is 2. The highest BCUT2D eigenvalue weighted by molar-refractivity contribution is 6.00. The van der Waals surface area contributed by atoms with Crippen molar-refractivity contribution in [2.24, 2.45) is 5.92 Å². The van der Waals surface area contributed by atoms with Crippen molar-refractivity contribution in [3.63, 3.8) is 0 Å². The Hall–Kier alpha value is -1.84. The topological polar surface area (TPSA) is 49.4 Å². The molecule has 0 spiro atoms. The van der Waals surface area contributed by atoms with Gasteiger partial charge in [-0.1, -0.05) is 43.4 Å². The SMILES string of the molecule is Cc1ccc(N2C[C@@H](C(=O)NC3CCCCCC3)CC2=O)cc1. The largest absolute Gasteiger partial charge is 0.353 e. The van der Waals surface area contributed by atoms with Gasteiger partial charge in [-0.2, -0.15) is 0 Å². The standard InChI is InChI=1S/C19H26N2O2/c1-14-8-10-17(11-9-14)21-13-15(12-18(21)22)19(23)20-16-6-4-2-3-5-7-16/h8-11,15-16H,2-7,12-13H2,1H3,(H,20,23)/t15-/m0/s1. The molecule has 1 aliphatic carbocycles. The van der Waals surface area contributed by atoms with Crippen LogP contribution in [0, 0.1) is 12.8 Å². The van der Waals surface area contributed by atoms with E-state index in [0.717, 1.165) is 18.5 Å². The summed E-state index contributed by atoms with van der Waals surface area (Å²) in [7, 11) is 0. The molecule has 1 atom stereocenters. The molecule has 1 aromatic carbocycles. The fourth-order valence-corrected chi connectivity index (χ4v) is 3.60. The maximum atomic E-state index is 12.5. The van der Waals surface area contributed by atoms with Gasteiger partial charge in [-0.25, -0.2) is 0 Å². The molecule has 23 heavy (non-hydrogen) atoms. The third-order valence-electron chi connectivity index (χ3n) is 5.04. The molecule has 2 amide bonds. The second kappa shape index (κ2) is 7.16. The van der Waals surface area contributed by atoms with Gasteiger partial charge in [-0.05, 0) is 31.9 Å². The third-order valence-corrected chi connectivity index (χ3v) is 5.04. The average molecular weight is 314 g/mol. The number of nitrogens with one attached hydrogen (secondary N) is 1. The summed E-state index contributed by atoms with van der Waals surface area (Å²) in [5, 5.41) is 3.18. The lowest BCUT2D eigenvalue weighted by Crippen LogP contribution is -2.39. The summed E-state index contributed by atoms with van der Waals surface area (Å²) in [5.41, 5.74) is 2.06. The number of benzene rings is 1. The lowest BCUT2D eigenvalue weighted by Gasteiger charge is -2.20. The second-order valence-electron chi connectivity index (χ2n) is 6.94. The van der Waals surface area contributed by atoms with Gasteiger partial charge in [-0.3, -0.25) is 9.59 Å². The number of hydrogen-bond donors (Lipinski definition) is 1. The number of nitrogens with zero attached hydrogens (tertiary/aromatic N) is 1. The zero-order chi connectivity index (χ0) is 16.2. The van der Waals surface area contributed by atoms with E-state index >= 15 is 0 Å². The lowest BCUT2D eigenvalue weighted by molar-refractivity contribution is -0.127. The first-order valence-corrected chi connectivity index (χ1v) is 8.81. The van der Waals surface area contributed by atoms with E-state index in [1.54, 1.807) is 4.90 Å². The molecule has 2 fully saturated rings. The number of anilines is 1. The van der Waals surface area contributed by atoms with Crippen molar-refractivity contribution in [2.75, 3.05) is 11.4 Å². The third kappa shape index (κ3) is 3.92. The van der Waals surface area contributed by atoms with E-state index in [1.165, 1.54) is 31.2 Å². The molecular formula is C19H26N2O2. The monoisotopic (exact) mass is 314 g/mol. The molecule has 1 N–H and O–H groups in total. The Kier molecular flexibility index (Phi) is 4.99. The lowest BCUT2D eigenvalue weighted by atomic mass is 10.0.